The first kappa shape index (κ1) is 20.6. The third kappa shape index (κ3) is 4.32. The number of ether oxygens (including phenoxy) is 2. The quantitative estimate of drug-likeness (QED) is 0.639. The van der Waals surface area contributed by atoms with E-state index in [4.69, 9.17) is 14.5 Å². The van der Waals surface area contributed by atoms with E-state index in [-0.39, 0.29) is 24.5 Å². The van der Waals surface area contributed by atoms with Crippen molar-refractivity contribution in [3.63, 3.8) is 0 Å². The van der Waals surface area contributed by atoms with Crippen LogP contribution in [0.15, 0.2) is 48.5 Å². The smallest absolute Gasteiger partial charge is 0.252 e. The third-order valence-electron chi connectivity index (χ3n) is 4.96. The fourth-order valence-electron chi connectivity index (χ4n) is 3.18. The Hall–Kier alpha value is -3.12. The Morgan fingerprint density at radius 2 is 1.79 bits per heavy atom. The second kappa shape index (κ2) is 8.92. The van der Waals surface area contributed by atoms with Crippen molar-refractivity contribution in [2.75, 3.05) is 20.8 Å². The first-order valence-electron chi connectivity index (χ1n) is 9.52. The van der Waals surface area contributed by atoms with Crippen LogP contribution in [0, 0.1) is 5.92 Å². The average molecular weight is 394 g/mol. The number of nitrogens with one attached hydrogen (secondary N) is 1. The van der Waals surface area contributed by atoms with Crippen LogP contribution in [0.4, 0.5) is 0 Å². The van der Waals surface area contributed by atoms with Gasteiger partial charge in [0.15, 0.2) is 11.5 Å². The van der Waals surface area contributed by atoms with Crippen molar-refractivity contribution >= 4 is 16.8 Å². The van der Waals surface area contributed by atoms with E-state index in [1.807, 2.05) is 56.3 Å². The molecule has 2 N–H and O–H groups in total. The number of aliphatic hydroxyl groups is 1. The summed E-state index contributed by atoms with van der Waals surface area (Å²) in [5.74, 6) is 1.09. The van der Waals surface area contributed by atoms with Crippen LogP contribution in [0.5, 0.6) is 11.5 Å². The molecule has 0 fully saturated rings. The molecule has 0 aliphatic carbocycles. The number of benzene rings is 2. The molecule has 2 aromatic carbocycles. The lowest BCUT2D eigenvalue weighted by atomic mass is 10.0. The highest BCUT2D eigenvalue weighted by atomic mass is 16.5. The molecule has 0 unspecified atom stereocenters. The molecule has 6 heteroatoms. The summed E-state index contributed by atoms with van der Waals surface area (Å²) in [6, 6.07) is 14.5. The molecule has 29 heavy (non-hydrogen) atoms. The van der Waals surface area contributed by atoms with Gasteiger partial charge < -0.3 is 19.9 Å². The second-order valence-corrected chi connectivity index (χ2v) is 7.15. The maximum Gasteiger partial charge on any atom is 0.252 e. The molecule has 0 saturated carbocycles. The molecule has 1 aromatic heterocycles. The number of aliphatic hydroxyl groups excluding tert-OH is 1. The van der Waals surface area contributed by atoms with E-state index < -0.39 is 0 Å². The van der Waals surface area contributed by atoms with Gasteiger partial charge in [-0.1, -0.05) is 32.0 Å². The van der Waals surface area contributed by atoms with Crippen LogP contribution >= 0.6 is 0 Å². The predicted octanol–water partition coefficient (Wildman–Crippen LogP) is 3.67. The van der Waals surface area contributed by atoms with E-state index in [2.05, 4.69) is 5.32 Å². The number of hydrogen-bond acceptors (Lipinski definition) is 5. The first-order valence-corrected chi connectivity index (χ1v) is 9.52. The van der Waals surface area contributed by atoms with Crippen LogP contribution in [0.3, 0.4) is 0 Å². The average Bonchev–Trinajstić information content (AvgIpc) is 2.75. The minimum atomic E-state index is -0.320. The topological polar surface area (TPSA) is 80.7 Å². The van der Waals surface area contributed by atoms with Gasteiger partial charge in [0.05, 0.1) is 43.6 Å². The van der Waals surface area contributed by atoms with E-state index in [1.165, 1.54) is 0 Å². The van der Waals surface area contributed by atoms with Gasteiger partial charge >= 0.3 is 0 Å². The molecular weight excluding hydrogens is 368 g/mol. The van der Waals surface area contributed by atoms with E-state index in [0.717, 1.165) is 16.5 Å². The standard InChI is InChI=1S/C23H26N2O4/c1-14(2)20(13-26)25-23(27)17-12-19(24-18-8-6-5-7-16(17)18)15-9-10-21(28-3)22(11-15)29-4/h5-12,14,20,26H,13H2,1-4H3,(H,25,27)/t20-/m1/s1. The number of rotatable bonds is 7. The molecule has 1 atom stereocenters. The van der Waals surface area contributed by atoms with Crippen LogP contribution in [0.2, 0.25) is 0 Å². The van der Waals surface area contributed by atoms with Crippen LogP contribution in [-0.2, 0) is 0 Å². The van der Waals surface area contributed by atoms with E-state index >= 15 is 0 Å². The summed E-state index contributed by atoms with van der Waals surface area (Å²) in [4.78, 5) is 17.8. The number of carbonyl (C=O) groups is 1. The Kier molecular flexibility index (Phi) is 6.34. The Bertz CT molecular complexity index is 1020. The summed E-state index contributed by atoms with van der Waals surface area (Å²) in [6.07, 6.45) is 0. The molecule has 3 rings (SSSR count). The van der Waals surface area contributed by atoms with Crippen molar-refractivity contribution in [3.8, 4) is 22.8 Å². The van der Waals surface area contributed by atoms with Gasteiger partial charge in [-0.05, 0) is 36.2 Å². The molecule has 1 amide bonds. The second-order valence-electron chi connectivity index (χ2n) is 7.15. The van der Waals surface area contributed by atoms with Crippen molar-refractivity contribution in [1.29, 1.82) is 0 Å². The number of hydrogen-bond donors (Lipinski definition) is 2. The van der Waals surface area contributed by atoms with Crippen molar-refractivity contribution in [1.82, 2.24) is 10.3 Å². The number of para-hydroxylation sites is 1. The third-order valence-corrected chi connectivity index (χ3v) is 4.96. The zero-order chi connectivity index (χ0) is 21.0. The number of methoxy groups -OCH3 is 2. The maximum absolute atomic E-state index is 13.0. The monoisotopic (exact) mass is 394 g/mol. The fourth-order valence-corrected chi connectivity index (χ4v) is 3.18. The normalized spacial score (nSPS) is 12.1. The minimum Gasteiger partial charge on any atom is -0.493 e. The molecule has 6 nitrogen and oxygen atoms in total. The maximum atomic E-state index is 13.0. The summed E-state index contributed by atoms with van der Waals surface area (Å²) in [6.45, 7) is 3.80. The van der Waals surface area contributed by atoms with Gasteiger partial charge in [-0.2, -0.15) is 0 Å². The number of aromatic nitrogens is 1. The zero-order valence-corrected chi connectivity index (χ0v) is 17.1. The van der Waals surface area contributed by atoms with Crippen molar-refractivity contribution in [2.45, 2.75) is 19.9 Å². The van der Waals surface area contributed by atoms with Gasteiger partial charge in [0.25, 0.3) is 5.91 Å². The Balaban J connectivity index is 2.10. The lowest BCUT2D eigenvalue weighted by Crippen LogP contribution is -2.41. The van der Waals surface area contributed by atoms with Crippen LogP contribution in [-0.4, -0.2) is 42.9 Å². The van der Waals surface area contributed by atoms with Gasteiger partial charge in [-0.25, -0.2) is 4.98 Å². The number of nitrogens with zero attached hydrogens (tertiary/aromatic N) is 1. The Morgan fingerprint density at radius 1 is 1.07 bits per heavy atom. The Morgan fingerprint density at radius 3 is 2.45 bits per heavy atom. The zero-order valence-electron chi connectivity index (χ0n) is 17.1. The molecule has 0 aliphatic heterocycles. The highest BCUT2D eigenvalue weighted by Crippen LogP contribution is 2.33. The molecule has 1 heterocycles. The summed E-state index contributed by atoms with van der Waals surface area (Å²) in [5, 5.41) is 13.3. The molecule has 0 saturated heterocycles. The molecule has 0 spiro atoms. The predicted molar refractivity (Wildman–Crippen MR) is 113 cm³/mol. The highest BCUT2D eigenvalue weighted by Gasteiger charge is 2.19. The van der Waals surface area contributed by atoms with Crippen molar-refractivity contribution in [2.24, 2.45) is 5.92 Å². The van der Waals surface area contributed by atoms with Gasteiger partial charge in [0.2, 0.25) is 0 Å². The van der Waals surface area contributed by atoms with Gasteiger partial charge in [0, 0.05) is 10.9 Å². The molecule has 152 valence electrons. The number of fused-ring (bicyclic) bond motifs is 1. The van der Waals surface area contributed by atoms with E-state index in [0.29, 0.717) is 22.8 Å². The van der Waals surface area contributed by atoms with Crippen LogP contribution < -0.4 is 14.8 Å². The fraction of sp³-hybridized carbons (Fsp3) is 0.304. The summed E-state index contributed by atoms with van der Waals surface area (Å²) < 4.78 is 10.7. The first-order chi connectivity index (χ1) is 14.0. The van der Waals surface area contributed by atoms with Crippen molar-refractivity contribution < 1.29 is 19.4 Å². The van der Waals surface area contributed by atoms with Gasteiger partial charge in [-0.3, -0.25) is 4.79 Å². The van der Waals surface area contributed by atoms with Crippen LogP contribution in [0.25, 0.3) is 22.2 Å². The SMILES string of the molecule is COc1ccc(-c2cc(C(=O)N[C@H](CO)C(C)C)c3ccccc3n2)cc1OC. The number of carbonyl (C=O) groups excluding carboxylic acids is 1. The van der Waals surface area contributed by atoms with Crippen LogP contribution in [0.1, 0.15) is 24.2 Å². The molecule has 3 aromatic rings. The molecular formula is C23H26N2O4. The lowest BCUT2D eigenvalue weighted by Gasteiger charge is -2.20. The van der Waals surface area contributed by atoms with Gasteiger partial charge in [-0.15, -0.1) is 0 Å². The highest BCUT2D eigenvalue weighted by molar-refractivity contribution is 6.07. The number of amides is 1. The molecule has 0 radical (unpaired) electrons. The molecule has 0 aliphatic rings. The van der Waals surface area contributed by atoms with Gasteiger partial charge in [0.1, 0.15) is 0 Å². The van der Waals surface area contributed by atoms with E-state index in [9.17, 15) is 9.90 Å². The summed E-state index contributed by atoms with van der Waals surface area (Å²) in [5.41, 5.74) is 2.69. The number of pyridine rings is 1. The molecule has 0 bridgehead atoms. The van der Waals surface area contributed by atoms with Crippen molar-refractivity contribution in [3.05, 3.63) is 54.1 Å². The minimum absolute atomic E-state index is 0.113. The summed E-state index contributed by atoms with van der Waals surface area (Å²) >= 11 is 0. The lowest BCUT2D eigenvalue weighted by molar-refractivity contribution is 0.0898. The largest absolute Gasteiger partial charge is 0.493 e. The Labute approximate surface area is 170 Å². The van der Waals surface area contributed by atoms with E-state index in [1.54, 1.807) is 20.3 Å². The summed E-state index contributed by atoms with van der Waals surface area (Å²) in [7, 11) is 3.16.